The number of nitriles is 1. The van der Waals surface area contributed by atoms with Gasteiger partial charge >= 0.3 is 0 Å². The van der Waals surface area contributed by atoms with Crippen molar-refractivity contribution in [1.82, 2.24) is 5.32 Å². The second-order valence-corrected chi connectivity index (χ2v) is 5.78. The molecule has 112 valence electrons. The van der Waals surface area contributed by atoms with Gasteiger partial charge in [0, 0.05) is 6.04 Å². The van der Waals surface area contributed by atoms with E-state index >= 15 is 0 Å². The van der Waals surface area contributed by atoms with E-state index in [0.29, 0.717) is 17.2 Å². The minimum Gasteiger partial charge on any atom is -0.481 e. The lowest BCUT2D eigenvalue weighted by molar-refractivity contribution is -0.128. The molecule has 0 heterocycles. The Morgan fingerprint density at radius 1 is 1.43 bits per heavy atom. The van der Waals surface area contributed by atoms with Crippen LogP contribution in [0, 0.1) is 17.2 Å². The summed E-state index contributed by atoms with van der Waals surface area (Å²) in [6.07, 6.45) is 4.08. The Hall–Kier alpha value is -2.02. The summed E-state index contributed by atoms with van der Waals surface area (Å²) in [7, 11) is 0. The summed E-state index contributed by atoms with van der Waals surface area (Å²) >= 11 is 0. The monoisotopic (exact) mass is 286 g/mol. The number of nitrogens with one attached hydrogen (secondary N) is 1. The molecule has 1 aromatic rings. The molecule has 21 heavy (non-hydrogen) atoms. The Balaban J connectivity index is 1.91. The Bertz CT molecular complexity index is 536. The molecule has 1 saturated carbocycles. The highest BCUT2D eigenvalue weighted by atomic mass is 16.5. The zero-order chi connectivity index (χ0) is 15.2. The third-order valence-corrected chi connectivity index (χ3v) is 4.08. The molecule has 1 aliphatic rings. The molecule has 4 heteroatoms. The van der Waals surface area contributed by atoms with Crippen molar-refractivity contribution < 1.29 is 9.53 Å². The largest absolute Gasteiger partial charge is 0.481 e. The van der Waals surface area contributed by atoms with Gasteiger partial charge in [-0.2, -0.15) is 5.26 Å². The summed E-state index contributed by atoms with van der Waals surface area (Å²) < 4.78 is 5.63. The number of amides is 1. The summed E-state index contributed by atoms with van der Waals surface area (Å²) in [5, 5.41) is 12.0. The number of nitrogens with zero attached hydrogens (tertiary/aromatic N) is 1. The van der Waals surface area contributed by atoms with Gasteiger partial charge in [-0.15, -0.1) is 0 Å². The number of hydrogen-bond donors (Lipinski definition) is 1. The van der Waals surface area contributed by atoms with Crippen LogP contribution in [0.5, 0.6) is 5.75 Å². The van der Waals surface area contributed by atoms with Crippen LogP contribution in [0.1, 0.15) is 45.1 Å². The van der Waals surface area contributed by atoms with E-state index in [1.54, 1.807) is 31.2 Å². The fourth-order valence-electron chi connectivity index (χ4n) is 2.73. The minimum atomic E-state index is -0.562. The summed E-state index contributed by atoms with van der Waals surface area (Å²) in [6.45, 7) is 3.92. The van der Waals surface area contributed by atoms with E-state index in [4.69, 9.17) is 10.00 Å². The SMILES string of the molecule is C[C@@H]1CCCC[C@H]1NC(=O)[C@@H](C)Oc1cccc(C#N)c1. The first-order valence-electron chi connectivity index (χ1n) is 7.57. The summed E-state index contributed by atoms with van der Waals surface area (Å²) in [6, 6.07) is 9.18. The van der Waals surface area contributed by atoms with Gasteiger partial charge in [0.1, 0.15) is 5.75 Å². The molecule has 0 saturated heterocycles. The summed E-state index contributed by atoms with van der Waals surface area (Å²) in [5.74, 6) is 0.987. The molecule has 0 spiro atoms. The average Bonchev–Trinajstić information content (AvgIpc) is 2.49. The van der Waals surface area contributed by atoms with Crippen molar-refractivity contribution in [3.05, 3.63) is 29.8 Å². The van der Waals surface area contributed by atoms with E-state index < -0.39 is 6.10 Å². The van der Waals surface area contributed by atoms with Crippen molar-refractivity contribution in [2.75, 3.05) is 0 Å². The molecular formula is C17H22N2O2. The van der Waals surface area contributed by atoms with Gasteiger partial charge in [-0.1, -0.05) is 25.8 Å². The van der Waals surface area contributed by atoms with Crippen LogP contribution in [0.25, 0.3) is 0 Å². The summed E-state index contributed by atoms with van der Waals surface area (Å²) in [5.41, 5.74) is 0.529. The standard InChI is InChI=1S/C17H22N2O2/c1-12-6-3-4-9-16(12)19-17(20)13(2)21-15-8-5-7-14(10-15)11-18/h5,7-8,10,12-13,16H,3-4,6,9H2,1-2H3,(H,19,20)/t12-,13-,16-/m1/s1. The molecule has 0 bridgehead atoms. The summed E-state index contributed by atoms with van der Waals surface area (Å²) in [4.78, 5) is 12.2. The van der Waals surface area contributed by atoms with Crippen LogP contribution in [-0.4, -0.2) is 18.1 Å². The van der Waals surface area contributed by atoms with Crippen molar-refractivity contribution >= 4 is 5.91 Å². The van der Waals surface area contributed by atoms with Crippen molar-refractivity contribution in [2.45, 2.75) is 51.7 Å². The zero-order valence-electron chi connectivity index (χ0n) is 12.6. The van der Waals surface area contributed by atoms with Gasteiger partial charge in [-0.05, 0) is 43.9 Å². The molecule has 0 aromatic heterocycles. The highest BCUT2D eigenvalue weighted by molar-refractivity contribution is 5.81. The second kappa shape index (κ2) is 7.12. The fraction of sp³-hybridized carbons (Fsp3) is 0.529. The molecule has 3 atom stereocenters. The first-order chi connectivity index (χ1) is 10.1. The molecular weight excluding hydrogens is 264 g/mol. The van der Waals surface area contributed by atoms with E-state index in [-0.39, 0.29) is 11.9 Å². The van der Waals surface area contributed by atoms with Crippen molar-refractivity contribution in [3.8, 4) is 11.8 Å². The van der Waals surface area contributed by atoms with Crippen LogP contribution in [0.15, 0.2) is 24.3 Å². The number of benzene rings is 1. The number of carbonyl (C=O) groups is 1. The van der Waals surface area contributed by atoms with Gasteiger partial charge in [0.05, 0.1) is 11.6 Å². The molecule has 2 rings (SSSR count). The van der Waals surface area contributed by atoms with Gasteiger partial charge in [0.25, 0.3) is 5.91 Å². The Labute approximate surface area is 126 Å². The van der Waals surface area contributed by atoms with E-state index in [1.165, 1.54) is 19.3 Å². The first-order valence-corrected chi connectivity index (χ1v) is 7.57. The molecule has 1 N–H and O–H groups in total. The third-order valence-electron chi connectivity index (χ3n) is 4.08. The van der Waals surface area contributed by atoms with E-state index in [1.807, 2.05) is 0 Å². The lowest BCUT2D eigenvalue weighted by atomic mass is 9.86. The number of ether oxygens (including phenoxy) is 1. The van der Waals surface area contributed by atoms with E-state index in [2.05, 4.69) is 18.3 Å². The highest BCUT2D eigenvalue weighted by Crippen LogP contribution is 2.24. The van der Waals surface area contributed by atoms with Crippen LogP contribution in [-0.2, 0) is 4.79 Å². The third kappa shape index (κ3) is 4.22. The van der Waals surface area contributed by atoms with Gasteiger partial charge in [0.2, 0.25) is 0 Å². The molecule has 0 radical (unpaired) electrons. The maximum atomic E-state index is 12.2. The van der Waals surface area contributed by atoms with Crippen molar-refractivity contribution in [3.63, 3.8) is 0 Å². The van der Waals surface area contributed by atoms with Crippen molar-refractivity contribution in [1.29, 1.82) is 5.26 Å². The zero-order valence-corrected chi connectivity index (χ0v) is 12.6. The highest BCUT2D eigenvalue weighted by Gasteiger charge is 2.25. The Morgan fingerprint density at radius 2 is 2.19 bits per heavy atom. The van der Waals surface area contributed by atoms with E-state index in [9.17, 15) is 4.79 Å². The van der Waals surface area contributed by atoms with Gasteiger partial charge in [-0.3, -0.25) is 4.79 Å². The molecule has 1 aromatic carbocycles. The molecule has 0 aliphatic heterocycles. The van der Waals surface area contributed by atoms with E-state index in [0.717, 1.165) is 6.42 Å². The molecule has 1 aliphatic carbocycles. The Morgan fingerprint density at radius 3 is 2.90 bits per heavy atom. The maximum Gasteiger partial charge on any atom is 0.261 e. The first kappa shape index (κ1) is 15.4. The average molecular weight is 286 g/mol. The number of carbonyl (C=O) groups excluding carboxylic acids is 1. The number of rotatable bonds is 4. The fourth-order valence-corrected chi connectivity index (χ4v) is 2.73. The number of hydrogen-bond acceptors (Lipinski definition) is 3. The predicted octanol–water partition coefficient (Wildman–Crippen LogP) is 3.02. The quantitative estimate of drug-likeness (QED) is 0.925. The Kier molecular flexibility index (Phi) is 5.21. The smallest absolute Gasteiger partial charge is 0.261 e. The predicted molar refractivity (Wildman–Crippen MR) is 80.8 cm³/mol. The maximum absolute atomic E-state index is 12.2. The molecule has 1 amide bonds. The topological polar surface area (TPSA) is 62.1 Å². The van der Waals surface area contributed by atoms with Crippen LogP contribution in [0.3, 0.4) is 0 Å². The molecule has 0 unspecified atom stereocenters. The van der Waals surface area contributed by atoms with Crippen LogP contribution >= 0.6 is 0 Å². The second-order valence-electron chi connectivity index (χ2n) is 5.78. The normalized spacial score (nSPS) is 22.9. The minimum absolute atomic E-state index is 0.0869. The lowest BCUT2D eigenvalue weighted by Crippen LogP contribution is -2.46. The van der Waals surface area contributed by atoms with Crippen molar-refractivity contribution in [2.24, 2.45) is 5.92 Å². The van der Waals surface area contributed by atoms with Crippen LogP contribution < -0.4 is 10.1 Å². The van der Waals surface area contributed by atoms with Gasteiger partial charge in [0.15, 0.2) is 6.10 Å². The van der Waals surface area contributed by atoms with Gasteiger partial charge < -0.3 is 10.1 Å². The molecule has 4 nitrogen and oxygen atoms in total. The van der Waals surface area contributed by atoms with Crippen LogP contribution in [0.2, 0.25) is 0 Å². The van der Waals surface area contributed by atoms with Crippen LogP contribution in [0.4, 0.5) is 0 Å². The lowest BCUT2D eigenvalue weighted by Gasteiger charge is -2.30. The van der Waals surface area contributed by atoms with Gasteiger partial charge in [-0.25, -0.2) is 0 Å². The molecule has 1 fully saturated rings.